The molecule has 4 N–H and O–H groups in total. The van der Waals surface area contributed by atoms with Gasteiger partial charge in [0.15, 0.2) is 0 Å². The molecule has 3 aromatic rings. The van der Waals surface area contributed by atoms with Crippen LogP contribution in [0.15, 0.2) is 42.9 Å². The Morgan fingerprint density at radius 1 is 1.30 bits per heavy atom. The van der Waals surface area contributed by atoms with Gasteiger partial charge >= 0.3 is 0 Å². The maximum absolute atomic E-state index is 12.6. The molecule has 1 fully saturated rings. The average Bonchev–Trinajstić information content (AvgIpc) is 3.22. The van der Waals surface area contributed by atoms with Crippen LogP contribution in [0.1, 0.15) is 30.9 Å². The molecule has 154 valence electrons. The zero-order valence-corrected chi connectivity index (χ0v) is 17.1. The first-order chi connectivity index (χ1) is 14.5. The Kier molecular flexibility index (Phi) is 5.57. The van der Waals surface area contributed by atoms with Crippen LogP contribution in [-0.2, 0) is 4.79 Å². The molecule has 0 radical (unpaired) electrons. The number of H-pyrrole nitrogens is 1. The van der Waals surface area contributed by atoms with Crippen molar-refractivity contribution >= 4 is 34.4 Å². The minimum Gasteiger partial charge on any atom is -0.356 e. The van der Waals surface area contributed by atoms with Crippen molar-refractivity contribution in [2.45, 2.75) is 30.8 Å². The first-order valence-electron chi connectivity index (χ1n) is 9.74. The summed E-state index contributed by atoms with van der Waals surface area (Å²) in [6, 6.07) is 10.2. The first-order valence-corrected chi connectivity index (χ1v) is 10.1. The molecular weight excluding hydrogens is 402 g/mol. The summed E-state index contributed by atoms with van der Waals surface area (Å²) in [5.74, 6) is 0.641. The number of nitrogens with zero attached hydrogens (tertiary/aromatic N) is 4. The van der Waals surface area contributed by atoms with Crippen LogP contribution in [0.3, 0.4) is 0 Å². The lowest BCUT2D eigenvalue weighted by Crippen LogP contribution is -2.53. The fraction of sp³-hybridized carbons (Fsp3) is 0.333. The summed E-state index contributed by atoms with van der Waals surface area (Å²) in [6.45, 7) is 1.39. The van der Waals surface area contributed by atoms with E-state index in [-0.39, 0.29) is 12.3 Å². The molecule has 2 aromatic heterocycles. The van der Waals surface area contributed by atoms with Gasteiger partial charge in [-0.3, -0.25) is 4.79 Å². The highest BCUT2D eigenvalue weighted by Gasteiger charge is 2.34. The van der Waals surface area contributed by atoms with Gasteiger partial charge in [-0.2, -0.15) is 5.26 Å². The lowest BCUT2D eigenvalue weighted by Gasteiger charge is -2.39. The topological polar surface area (TPSA) is 124 Å². The van der Waals surface area contributed by atoms with E-state index in [4.69, 9.17) is 17.3 Å². The van der Waals surface area contributed by atoms with E-state index in [9.17, 15) is 10.1 Å². The number of piperidine rings is 1. The minimum absolute atomic E-state index is 0.163. The molecule has 1 aliphatic rings. The molecule has 0 saturated carbocycles. The fourth-order valence-corrected chi connectivity index (χ4v) is 3.95. The molecule has 30 heavy (non-hydrogen) atoms. The highest BCUT2D eigenvalue weighted by atomic mass is 35.5. The number of aromatic amines is 1. The van der Waals surface area contributed by atoms with E-state index >= 15 is 0 Å². The van der Waals surface area contributed by atoms with Crippen LogP contribution in [0.2, 0.25) is 5.02 Å². The Bertz CT molecular complexity index is 1080. The highest BCUT2D eigenvalue weighted by molar-refractivity contribution is 6.30. The van der Waals surface area contributed by atoms with Gasteiger partial charge in [-0.25, -0.2) is 9.97 Å². The van der Waals surface area contributed by atoms with Crippen LogP contribution >= 0.6 is 11.6 Å². The molecule has 1 unspecified atom stereocenters. The largest absolute Gasteiger partial charge is 0.356 e. The van der Waals surface area contributed by atoms with Crippen molar-refractivity contribution in [3.05, 3.63) is 53.4 Å². The van der Waals surface area contributed by atoms with E-state index in [0.717, 1.165) is 16.9 Å². The molecule has 1 aromatic carbocycles. The third-order valence-corrected chi connectivity index (χ3v) is 5.79. The normalized spacial score (nSPS) is 16.8. The second kappa shape index (κ2) is 8.30. The maximum atomic E-state index is 12.6. The minimum atomic E-state index is -0.735. The Morgan fingerprint density at radius 3 is 2.73 bits per heavy atom. The number of hydrogen-bond acceptors (Lipinski definition) is 6. The SMILES string of the molecule is N#CC(NC(=O)CC1(N)CCN(c2ncnc3[nH]ccc23)CC1)c1ccc(Cl)cc1. The van der Waals surface area contributed by atoms with Crippen LogP contribution < -0.4 is 16.0 Å². The number of carbonyl (C=O) groups is 1. The van der Waals surface area contributed by atoms with Crippen LogP contribution in [0.4, 0.5) is 5.82 Å². The fourth-order valence-electron chi connectivity index (χ4n) is 3.83. The van der Waals surface area contributed by atoms with Crippen LogP contribution in [0.25, 0.3) is 11.0 Å². The van der Waals surface area contributed by atoms with Gasteiger partial charge in [0.2, 0.25) is 5.91 Å². The van der Waals surface area contributed by atoms with E-state index < -0.39 is 11.6 Å². The van der Waals surface area contributed by atoms with E-state index in [0.29, 0.717) is 36.5 Å². The Labute approximate surface area is 179 Å². The quantitative estimate of drug-likeness (QED) is 0.579. The Morgan fingerprint density at radius 2 is 2.03 bits per heavy atom. The third kappa shape index (κ3) is 4.22. The van der Waals surface area contributed by atoms with Crippen LogP contribution in [0.5, 0.6) is 0 Å². The van der Waals surface area contributed by atoms with Crippen molar-refractivity contribution in [2.75, 3.05) is 18.0 Å². The summed E-state index contributed by atoms with van der Waals surface area (Å²) >= 11 is 5.89. The molecule has 0 bridgehead atoms. The predicted molar refractivity (Wildman–Crippen MR) is 115 cm³/mol. The number of carbonyl (C=O) groups excluding carboxylic acids is 1. The zero-order chi connectivity index (χ0) is 21.1. The number of halogens is 1. The van der Waals surface area contributed by atoms with Gasteiger partial charge < -0.3 is 20.9 Å². The van der Waals surface area contributed by atoms with Gasteiger partial charge in [0, 0.05) is 36.3 Å². The third-order valence-electron chi connectivity index (χ3n) is 5.54. The highest BCUT2D eigenvalue weighted by Crippen LogP contribution is 2.29. The zero-order valence-electron chi connectivity index (χ0n) is 16.3. The van der Waals surface area contributed by atoms with Crippen molar-refractivity contribution in [1.82, 2.24) is 20.3 Å². The van der Waals surface area contributed by atoms with Gasteiger partial charge in [0.05, 0.1) is 11.5 Å². The van der Waals surface area contributed by atoms with E-state index in [1.807, 2.05) is 12.3 Å². The maximum Gasteiger partial charge on any atom is 0.223 e. The van der Waals surface area contributed by atoms with Crippen molar-refractivity contribution in [2.24, 2.45) is 5.73 Å². The number of nitriles is 1. The van der Waals surface area contributed by atoms with E-state index in [1.165, 1.54) is 0 Å². The Balaban J connectivity index is 1.37. The monoisotopic (exact) mass is 423 g/mol. The molecule has 9 heteroatoms. The molecule has 1 aliphatic heterocycles. The van der Waals surface area contributed by atoms with Crippen molar-refractivity contribution < 1.29 is 4.79 Å². The molecule has 4 rings (SSSR count). The smallest absolute Gasteiger partial charge is 0.223 e. The van der Waals surface area contributed by atoms with Crippen LogP contribution in [-0.4, -0.2) is 39.5 Å². The van der Waals surface area contributed by atoms with Gasteiger partial charge in [0.1, 0.15) is 23.8 Å². The van der Waals surface area contributed by atoms with Crippen LogP contribution in [0, 0.1) is 11.3 Å². The van der Waals surface area contributed by atoms with E-state index in [2.05, 4.69) is 31.2 Å². The summed E-state index contributed by atoms with van der Waals surface area (Å²) < 4.78 is 0. The van der Waals surface area contributed by atoms with Gasteiger partial charge in [-0.05, 0) is 36.6 Å². The lowest BCUT2D eigenvalue weighted by atomic mass is 9.85. The summed E-state index contributed by atoms with van der Waals surface area (Å²) in [4.78, 5) is 26.5. The number of rotatable bonds is 5. The molecule has 1 saturated heterocycles. The van der Waals surface area contributed by atoms with Crippen molar-refractivity contribution in [3.8, 4) is 6.07 Å². The number of anilines is 1. The number of aromatic nitrogens is 3. The molecule has 0 aliphatic carbocycles. The lowest BCUT2D eigenvalue weighted by molar-refractivity contribution is -0.122. The summed E-state index contributed by atoms with van der Waals surface area (Å²) in [5, 5.41) is 13.8. The first kappa shape index (κ1) is 20.1. The molecule has 3 heterocycles. The van der Waals surface area contributed by atoms with Gasteiger partial charge in [-0.1, -0.05) is 23.7 Å². The standard InChI is InChI=1S/C21H22ClN7O/c22-15-3-1-14(2-4-15)17(12-23)28-18(30)11-21(24)6-9-29(10-7-21)20-16-5-8-25-19(16)26-13-27-20/h1-5,8,13,17H,6-7,9-11,24H2,(H,28,30)(H,25,26,27). The molecule has 1 atom stereocenters. The second-order valence-electron chi connectivity index (χ2n) is 7.64. The predicted octanol–water partition coefficient (Wildman–Crippen LogP) is 2.68. The van der Waals surface area contributed by atoms with Crippen molar-refractivity contribution in [3.63, 3.8) is 0 Å². The molecule has 1 amide bonds. The number of benzene rings is 1. The van der Waals surface area contributed by atoms with E-state index in [1.54, 1.807) is 30.6 Å². The van der Waals surface area contributed by atoms with Gasteiger partial charge in [0.25, 0.3) is 0 Å². The number of fused-ring (bicyclic) bond motifs is 1. The number of amides is 1. The summed E-state index contributed by atoms with van der Waals surface area (Å²) in [5.41, 5.74) is 7.41. The molecule has 0 spiro atoms. The Hall–Kier alpha value is -3.15. The van der Waals surface area contributed by atoms with Gasteiger partial charge in [-0.15, -0.1) is 0 Å². The molecular formula is C21H22ClN7O. The summed E-state index contributed by atoms with van der Waals surface area (Å²) in [7, 11) is 0. The summed E-state index contributed by atoms with van der Waals surface area (Å²) in [6.07, 6.45) is 4.85. The number of hydrogen-bond donors (Lipinski definition) is 3. The van der Waals surface area contributed by atoms with Crippen molar-refractivity contribution in [1.29, 1.82) is 5.26 Å². The molecule has 8 nitrogen and oxygen atoms in total. The number of nitrogens with one attached hydrogen (secondary N) is 2. The second-order valence-corrected chi connectivity index (χ2v) is 8.08. The number of nitrogens with two attached hydrogens (primary N) is 1. The average molecular weight is 424 g/mol.